The van der Waals surface area contributed by atoms with Crippen LogP contribution in [0.5, 0.6) is 0 Å². The van der Waals surface area contributed by atoms with Crippen molar-refractivity contribution in [1.82, 2.24) is 0 Å². The van der Waals surface area contributed by atoms with Crippen molar-refractivity contribution >= 4 is 29.1 Å². The van der Waals surface area contributed by atoms with Gasteiger partial charge < -0.3 is 16.2 Å². The number of alkyl halides is 3. The number of hydrogen-bond donors (Lipinski definition) is 3. The molecule has 0 saturated carbocycles. The van der Waals surface area contributed by atoms with Crippen LogP contribution in [0.1, 0.15) is 27.0 Å². The molecule has 0 bridgehead atoms. The van der Waals surface area contributed by atoms with Crippen molar-refractivity contribution in [2.75, 3.05) is 5.32 Å². The van der Waals surface area contributed by atoms with Crippen LogP contribution >= 0.6 is 11.6 Å². The lowest BCUT2D eigenvalue weighted by molar-refractivity contribution is -0.141. The van der Waals surface area contributed by atoms with Crippen LogP contribution in [0.2, 0.25) is 5.02 Å². The van der Waals surface area contributed by atoms with E-state index < -0.39 is 40.3 Å². The van der Waals surface area contributed by atoms with Gasteiger partial charge in [0.1, 0.15) is 0 Å². The summed E-state index contributed by atoms with van der Waals surface area (Å²) in [7, 11) is 0. The maximum atomic E-state index is 13.5. The van der Waals surface area contributed by atoms with Gasteiger partial charge in [-0.15, -0.1) is 0 Å². The van der Waals surface area contributed by atoms with Crippen molar-refractivity contribution < 1.29 is 27.9 Å². The van der Waals surface area contributed by atoms with Crippen LogP contribution in [0.25, 0.3) is 0 Å². The first-order valence-electron chi connectivity index (χ1n) is 6.91. The SMILES string of the molecule is NC(=O)c1cc2c(c(C(F)(F)F)c1)[C@](O)(c1ccccc1Cl)C(=O)N2. The predicted molar refractivity (Wildman–Crippen MR) is 83.0 cm³/mol. The number of benzene rings is 2. The van der Waals surface area contributed by atoms with Gasteiger partial charge in [-0.05, 0) is 18.2 Å². The van der Waals surface area contributed by atoms with E-state index in [1.54, 1.807) is 0 Å². The van der Waals surface area contributed by atoms with Crippen LogP contribution < -0.4 is 11.1 Å². The van der Waals surface area contributed by atoms with E-state index in [2.05, 4.69) is 5.32 Å². The van der Waals surface area contributed by atoms with Crippen molar-refractivity contribution in [2.45, 2.75) is 11.8 Å². The highest BCUT2D eigenvalue weighted by atomic mass is 35.5. The average molecular weight is 371 g/mol. The van der Waals surface area contributed by atoms with E-state index in [1.165, 1.54) is 24.3 Å². The summed E-state index contributed by atoms with van der Waals surface area (Å²) in [6.45, 7) is 0. The Morgan fingerprint density at radius 3 is 2.44 bits per heavy atom. The molecule has 0 aromatic heterocycles. The summed E-state index contributed by atoms with van der Waals surface area (Å²) < 4.78 is 40.6. The monoisotopic (exact) mass is 370 g/mol. The topological polar surface area (TPSA) is 92.4 Å². The molecule has 4 N–H and O–H groups in total. The van der Waals surface area contributed by atoms with Crippen molar-refractivity contribution in [3.8, 4) is 0 Å². The van der Waals surface area contributed by atoms with Crippen LogP contribution in [0, 0.1) is 0 Å². The fraction of sp³-hybridized carbons (Fsp3) is 0.125. The van der Waals surface area contributed by atoms with E-state index in [0.717, 1.165) is 6.07 Å². The predicted octanol–water partition coefficient (Wildman–Crippen LogP) is 2.65. The number of fused-ring (bicyclic) bond motifs is 1. The highest BCUT2D eigenvalue weighted by molar-refractivity contribution is 6.32. The van der Waals surface area contributed by atoms with E-state index in [4.69, 9.17) is 17.3 Å². The zero-order valence-corrected chi connectivity index (χ0v) is 13.1. The van der Waals surface area contributed by atoms with Crippen molar-refractivity contribution in [3.63, 3.8) is 0 Å². The van der Waals surface area contributed by atoms with Crippen molar-refractivity contribution in [3.05, 3.63) is 63.7 Å². The third-order valence-electron chi connectivity index (χ3n) is 3.93. The molecular formula is C16H10ClF3N2O3. The van der Waals surface area contributed by atoms with Gasteiger partial charge in [0.15, 0.2) is 5.60 Å². The second-order valence-corrected chi connectivity index (χ2v) is 5.86. The molecule has 0 radical (unpaired) electrons. The van der Waals surface area contributed by atoms with Gasteiger partial charge in [-0.25, -0.2) is 0 Å². The van der Waals surface area contributed by atoms with Gasteiger partial charge in [0, 0.05) is 27.4 Å². The molecule has 3 rings (SSSR count). The minimum atomic E-state index is -4.95. The Balaban J connectivity index is 2.39. The van der Waals surface area contributed by atoms with Crippen molar-refractivity contribution in [1.29, 1.82) is 0 Å². The molecule has 0 aliphatic carbocycles. The molecule has 2 amide bonds. The number of nitrogens with one attached hydrogen (secondary N) is 1. The molecule has 1 aliphatic rings. The number of anilines is 1. The number of carbonyl (C=O) groups is 2. The lowest BCUT2D eigenvalue weighted by Crippen LogP contribution is -2.37. The Bertz CT molecular complexity index is 914. The molecule has 9 heteroatoms. The first kappa shape index (κ1) is 17.2. The van der Waals surface area contributed by atoms with Crippen LogP contribution in [-0.4, -0.2) is 16.9 Å². The third-order valence-corrected chi connectivity index (χ3v) is 4.26. The largest absolute Gasteiger partial charge is 0.416 e. The zero-order chi connectivity index (χ0) is 18.6. The summed E-state index contributed by atoms with van der Waals surface area (Å²) in [6, 6.07) is 7.01. The van der Waals surface area contributed by atoms with Gasteiger partial charge in [0.2, 0.25) is 5.91 Å². The minimum absolute atomic E-state index is 0.0832. The second kappa shape index (κ2) is 5.47. The lowest BCUT2D eigenvalue weighted by Gasteiger charge is -2.25. The highest BCUT2D eigenvalue weighted by Gasteiger charge is 2.53. The number of carbonyl (C=O) groups excluding carboxylic acids is 2. The van der Waals surface area contributed by atoms with E-state index in [1.807, 2.05) is 0 Å². The van der Waals surface area contributed by atoms with Gasteiger partial charge in [-0.2, -0.15) is 13.2 Å². The highest BCUT2D eigenvalue weighted by Crippen LogP contribution is 2.49. The number of rotatable bonds is 2. The Kier molecular flexibility index (Phi) is 3.77. The van der Waals surface area contributed by atoms with E-state index in [-0.39, 0.29) is 16.3 Å². The molecule has 1 heterocycles. The molecule has 0 fully saturated rings. The smallest absolute Gasteiger partial charge is 0.372 e. The first-order valence-corrected chi connectivity index (χ1v) is 7.29. The van der Waals surface area contributed by atoms with Crippen LogP contribution in [0.3, 0.4) is 0 Å². The Morgan fingerprint density at radius 1 is 1.24 bits per heavy atom. The maximum Gasteiger partial charge on any atom is 0.416 e. The number of aliphatic hydroxyl groups is 1. The Hall–Kier alpha value is -2.58. The molecule has 2 aromatic rings. The molecule has 0 saturated heterocycles. The summed E-state index contributed by atoms with van der Waals surface area (Å²) in [6.07, 6.45) is -4.95. The molecule has 0 unspecified atom stereocenters. The molecule has 25 heavy (non-hydrogen) atoms. The van der Waals surface area contributed by atoms with E-state index in [9.17, 15) is 27.9 Å². The maximum absolute atomic E-state index is 13.5. The molecule has 130 valence electrons. The van der Waals surface area contributed by atoms with Gasteiger partial charge in [-0.1, -0.05) is 29.8 Å². The number of primary amides is 1. The molecule has 1 atom stereocenters. The number of nitrogens with two attached hydrogens (primary N) is 1. The normalized spacial score (nSPS) is 19.5. The minimum Gasteiger partial charge on any atom is -0.372 e. The van der Waals surface area contributed by atoms with Crippen molar-refractivity contribution in [2.24, 2.45) is 5.73 Å². The zero-order valence-electron chi connectivity index (χ0n) is 12.3. The summed E-state index contributed by atoms with van der Waals surface area (Å²) in [5.41, 5.74) is -0.674. The summed E-state index contributed by atoms with van der Waals surface area (Å²) in [5.74, 6) is -2.21. The molecule has 2 aromatic carbocycles. The van der Waals surface area contributed by atoms with Gasteiger partial charge in [0.05, 0.1) is 5.56 Å². The fourth-order valence-electron chi connectivity index (χ4n) is 2.83. The molecule has 5 nitrogen and oxygen atoms in total. The Labute approximate surface area is 144 Å². The van der Waals surface area contributed by atoms with Gasteiger partial charge in [-0.3, -0.25) is 9.59 Å². The quantitative estimate of drug-likeness (QED) is 0.758. The number of amides is 2. The second-order valence-electron chi connectivity index (χ2n) is 5.45. The average Bonchev–Trinajstić information content (AvgIpc) is 2.78. The summed E-state index contributed by atoms with van der Waals surface area (Å²) in [5, 5.41) is 13.0. The Morgan fingerprint density at radius 2 is 1.88 bits per heavy atom. The summed E-state index contributed by atoms with van der Waals surface area (Å²) >= 11 is 5.98. The van der Waals surface area contributed by atoms with E-state index in [0.29, 0.717) is 6.07 Å². The number of hydrogen-bond acceptors (Lipinski definition) is 3. The lowest BCUT2D eigenvalue weighted by atomic mass is 9.83. The molecule has 0 spiro atoms. The van der Waals surface area contributed by atoms with Crippen LogP contribution in [0.15, 0.2) is 36.4 Å². The standard InChI is InChI=1S/C16H10ClF3N2O3/c17-10-4-2-1-3-8(10)15(25)12-9(16(18,19)20)5-7(13(21)23)6-11(12)22-14(15)24/h1-6,25H,(H2,21,23)(H,22,24)/t15-/m1/s1. The van der Waals surface area contributed by atoms with Crippen LogP contribution in [0.4, 0.5) is 18.9 Å². The molecule has 1 aliphatic heterocycles. The number of halogens is 4. The third kappa shape index (κ3) is 2.54. The van der Waals surface area contributed by atoms with Gasteiger partial charge in [0.25, 0.3) is 5.91 Å². The molecular weight excluding hydrogens is 361 g/mol. The van der Waals surface area contributed by atoms with Crippen LogP contribution in [-0.2, 0) is 16.6 Å². The van der Waals surface area contributed by atoms with Gasteiger partial charge >= 0.3 is 6.18 Å². The first-order chi connectivity index (χ1) is 11.6. The fourth-order valence-corrected chi connectivity index (χ4v) is 3.11. The summed E-state index contributed by atoms with van der Waals surface area (Å²) in [4.78, 5) is 23.7. The van der Waals surface area contributed by atoms with E-state index >= 15 is 0 Å².